The molecule has 0 unspecified atom stereocenters. The van der Waals surface area contributed by atoms with Gasteiger partial charge in [-0.2, -0.15) is 0 Å². The van der Waals surface area contributed by atoms with Crippen molar-refractivity contribution in [1.82, 2.24) is 0 Å². The fourth-order valence-corrected chi connectivity index (χ4v) is 6.97. The zero-order chi connectivity index (χ0) is 32.4. The highest BCUT2D eigenvalue weighted by Gasteiger charge is 2.55. The van der Waals surface area contributed by atoms with Crippen LogP contribution in [0.4, 0.5) is 11.4 Å². The molecule has 2 aliphatic rings. The molecule has 9 nitrogen and oxygen atoms in total. The Labute approximate surface area is 262 Å². The summed E-state index contributed by atoms with van der Waals surface area (Å²) in [4.78, 5) is 39.2. The van der Waals surface area contributed by atoms with Crippen LogP contribution in [0.25, 0.3) is 11.6 Å². The van der Waals surface area contributed by atoms with Gasteiger partial charge in [-0.1, -0.05) is 55.0 Å². The van der Waals surface area contributed by atoms with Crippen molar-refractivity contribution in [2.45, 2.75) is 52.6 Å². The van der Waals surface area contributed by atoms with Crippen molar-refractivity contribution in [3.8, 4) is 5.75 Å². The van der Waals surface area contributed by atoms with Crippen LogP contribution in [0, 0.1) is 41.7 Å². The lowest BCUT2D eigenvalue weighted by atomic mass is 9.67. The Morgan fingerprint density at radius 1 is 1.04 bits per heavy atom. The number of nitro groups is 1. The average molecular weight is 611 g/mol. The van der Waals surface area contributed by atoms with Crippen molar-refractivity contribution in [3.63, 3.8) is 0 Å². The topological polar surface area (TPSA) is 141 Å². The van der Waals surface area contributed by atoms with E-state index in [2.05, 4.69) is 0 Å². The normalized spacial score (nSPS) is 20.9. The fourth-order valence-electron chi connectivity index (χ4n) is 6.97. The number of aliphatic hydroxyl groups is 2. The molecule has 234 valence electrons. The molecule has 9 heteroatoms. The number of phenolic OH excluding ortho intramolecular Hbond substituents is 1. The van der Waals surface area contributed by atoms with Gasteiger partial charge < -0.3 is 15.3 Å². The predicted molar refractivity (Wildman–Crippen MR) is 172 cm³/mol. The van der Waals surface area contributed by atoms with E-state index in [1.165, 1.54) is 24.3 Å². The van der Waals surface area contributed by atoms with E-state index in [4.69, 9.17) is 0 Å². The van der Waals surface area contributed by atoms with Crippen LogP contribution in [0.3, 0.4) is 0 Å². The number of hydrogen-bond donors (Lipinski definition) is 3. The molecule has 2 amide bonds. The Balaban J connectivity index is 1.44. The number of carbonyl (C=O) groups is 2. The quantitative estimate of drug-likeness (QED) is 0.0825. The number of aliphatic hydroxyl groups excluding tert-OH is 2. The molecule has 4 atom stereocenters. The lowest BCUT2D eigenvalue weighted by molar-refractivity contribution is -0.384. The van der Waals surface area contributed by atoms with Crippen molar-refractivity contribution in [2.75, 3.05) is 11.5 Å². The Hall–Kier alpha value is -4.60. The number of nitrogens with zero attached hydrogens (tertiary/aromatic N) is 2. The molecule has 0 radical (unpaired) electrons. The minimum atomic E-state index is -0.969. The number of imide groups is 1. The van der Waals surface area contributed by atoms with E-state index in [-0.39, 0.29) is 23.5 Å². The van der Waals surface area contributed by atoms with Gasteiger partial charge in [0.25, 0.3) is 5.69 Å². The summed E-state index contributed by atoms with van der Waals surface area (Å²) in [6, 6.07) is 19.1. The number of hydrogen-bond acceptors (Lipinski definition) is 7. The first-order chi connectivity index (χ1) is 21.5. The van der Waals surface area contributed by atoms with Gasteiger partial charge in [-0.25, -0.2) is 4.90 Å². The monoisotopic (exact) mass is 610 g/mol. The van der Waals surface area contributed by atoms with Crippen LogP contribution in [0.15, 0.2) is 77.9 Å². The lowest BCUT2D eigenvalue weighted by Crippen LogP contribution is -2.39. The third-order valence-corrected chi connectivity index (χ3v) is 9.15. The Morgan fingerprint density at radius 2 is 1.73 bits per heavy atom. The zero-order valence-electron chi connectivity index (χ0n) is 25.6. The van der Waals surface area contributed by atoms with E-state index < -0.39 is 47.2 Å². The van der Waals surface area contributed by atoms with Crippen LogP contribution in [-0.2, 0) is 9.59 Å². The highest BCUT2D eigenvalue weighted by molar-refractivity contribution is 6.22. The highest BCUT2D eigenvalue weighted by atomic mass is 16.6. The molecule has 1 fully saturated rings. The van der Waals surface area contributed by atoms with Crippen LogP contribution in [0.5, 0.6) is 5.75 Å². The molecule has 3 N–H and O–H groups in total. The molecule has 0 spiro atoms. The second-order valence-electron chi connectivity index (χ2n) is 11.9. The summed E-state index contributed by atoms with van der Waals surface area (Å²) in [5.41, 5.74) is 5.78. The Morgan fingerprint density at radius 3 is 2.36 bits per heavy atom. The number of nitro benzene ring substituents is 1. The molecule has 1 aliphatic carbocycles. The smallest absolute Gasteiger partial charge is 0.271 e. The molecule has 5 rings (SSSR count). The highest BCUT2D eigenvalue weighted by Crippen LogP contribution is 2.48. The molecular weight excluding hydrogens is 572 g/mol. The van der Waals surface area contributed by atoms with Gasteiger partial charge in [0.1, 0.15) is 5.75 Å². The molecule has 45 heavy (non-hydrogen) atoms. The molecule has 3 aromatic carbocycles. The van der Waals surface area contributed by atoms with E-state index in [1.54, 1.807) is 0 Å². The Bertz CT molecular complexity index is 1670. The summed E-state index contributed by atoms with van der Waals surface area (Å²) >= 11 is 0. The van der Waals surface area contributed by atoms with Crippen molar-refractivity contribution in [1.29, 1.82) is 0 Å². The number of fused-ring (bicyclic) bond motifs is 1. The Kier molecular flexibility index (Phi) is 9.32. The summed E-state index contributed by atoms with van der Waals surface area (Å²) in [6.45, 7) is 5.21. The van der Waals surface area contributed by atoms with Gasteiger partial charge in [0, 0.05) is 18.1 Å². The van der Waals surface area contributed by atoms with Crippen LogP contribution in [0.2, 0.25) is 0 Å². The van der Waals surface area contributed by atoms with E-state index >= 15 is 0 Å². The maximum Gasteiger partial charge on any atom is 0.271 e. The first-order valence-corrected chi connectivity index (χ1v) is 15.2. The number of benzene rings is 3. The van der Waals surface area contributed by atoms with Crippen LogP contribution < -0.4 is 4.90 Å². The summed E-state index contributed by atoms with van der Waals surface area (Å²) in [5, 5.41) is 43.9. The number of anilines is 1. The first kappa shape index (κ1) is 31.8. The fraction of sp³-hybridized carbons (Fsp3) is 0.333. The minimum absolute atomic E-state index is 0.128. The van der Waals surface area contributed by atoms with Gasteiger partial charge in [0.2, 0.25) is 11.8 Å². The lowest BCUT2D eigenvalue weighted by Gasteiger charge is -2.36. The van der Waals surface area contributed by atoms with Gasteiger partial charge in [-0.05, 0) is 91.1 Å². The number of amides is 2. The molecule has 0 saturated carbocycles. The molecule has 3 aromatic rings. The van der Waals surface area contributed by atoms with E-state index in [9.17, 15) is 35.0 Å². The van der Waals surface area contributed by atoms with Gasteiger partial charge in [-0.15, -0.1) is 0 Å². The number of allylic oxidation sites excluding steroid dienone is 2. The third-order valence-electron chi connectivity index (χ3n) is 9.15. The first-order valence-electron chi connectivity index (χ1n) is 15.2. The third kappa shape index (κ3) is 6.18. The summed E-state index contributed by atoms with van der Waals surface area (Å²) < 4.78 is 0. The number of aryl methyl sites for hydroxylation is 2. The summed E-state index contributed by atoms with van der Waals surface area (Å²) in [7, 11) is 0. The van der Waals surface area contributed by atoms with Crippen molar-refractivity contribution in [3.05, 3.63) is 110 Å². The van der Waals surface area contributed by atoms with Crippen molar-refractivity contribution < 1.29 is 29.8 Å². The number of rotatable bonds is 10. The van der Waals surface area contributed by atoms with E-state index in [0.717, 1.165) is 38.3 Å². The molecule has 1 saturated heterocycles. The van der Waals surface area contributed by atoms with Crippen molar-refractivity contribution >= 4 is 34.8 Å². The number of non-ortho nitro benzene ring substituents is 1. The molecular formula is C36H38N2O7. The summed E-state index contributed by atoms with van der Waals surface area (Å²) in [6.07, 6.45) is 2.70. The average Bonchev–Trinajstić information content (AvgIpc) is 3.29. The standard InChI is InChI=1S/C36H38N2O7/c1-4-24-18-29-33(36(43)37(35(29)42)27-11-8-12-28(19-27)38(44)45)30(20-39)32(24)31(40)14-13-26(25-9-6-5-7-10-25)17-23-15-21(2)34(41)22(3)16-23/h5-12,15-17,19,29-31,33,39-41H,4,13-14,18,20H2,1-3H3/b26-17-/t29-,30+,31-,33-/m1/s1. The van der Waals surface area contributed by atoms with Crippen LogP contribution in [-0.4, -0.2) is 44.8 Å². The predicted octanol–water partition coefficient (Wildman–Crippen LogP) is 6.12. The molecule has 0 bridgehead atoms. The summed E-state index contributed by atoms with van der Waals surface area (Å²) in [5.74, 6) is -3.07. The van der Waals surface area contributed by atoms with E-state index in [1.807, 2.05) is 69.3 Å². The van der Waals surface area contributed by atoms with Crippen molar-refractivity contribution in [2.24, 2.45) is 17.8 Å². The minimum Gasteiger partial charge on any atom is -0.507 e. The van der Waals surface area contributed by atoms with Crippen LogP contribution >= 0.6 is 0 Å². The molecule has 1 heterocycles. The largest absolute Gasteiger partial charge is 0.507 e. The number of phenols is 1. The SMILES string of the molecule is CCC1=C([C@H](O)CC/C(=C/c2cc(C)c(O)c(C)c2)c2ccccc2)[C@H](CO)[C@@H]2C(=O)N(c3cccc([N+](=O)[O-])c3)C(=O)[C@@H]2C1. The number of aromatic hydroxyl groups is 1. The second kappa shape index (κ2) is 13.2. The zero-order valence-corrected chi connectivity index (χ0v) is 25.6. The van der Waals surface area contributed by atoms with E-state index in [0.29, 0.717) is 24.8 Å². The maximum absolute atomic E-state index is 13.8. The second-order valence-corrected chi connectivity index (χ2v) is 11.9. The van der Waals surface area contributed by atoms with Gasteiger partial charge >= 0.3 is 0 Å². The molecule has 1 aliphatic heterocycles. The maximum atomic E-state index is 13.8. The number of carbonyl (C=O) groups excluding carboxylic acids is 2. The van der Waals surface area contributed by atoms with Gasteiger partial charge in [0.15, 0.2) is 0 Å². The van der Waals surface area contributed by atoms with Gasteiger partial charge in [0.05, 0.1) is 35.2 Å². The van der Waals surface area contributed by atoms with Crippen LogP contribution in [0.1, 0.15) is 54.9 Å². The van der Waals surface area contributed by atoms with Gasteiger partial charge in [-0.3, -0.25) is 19.7 Å². The molecule has 0 aromatic heterocycles.